The van der Waals surface area contributed by atoms with E-state index in [2.05, 4.69) is 15.3 Å². The first-order valence-electron chi connectivity index (χ1n) is 6.29. The Morgan fingerprint density at radius 1 is 1.45 bits per heavy atom. The highest BCUT2D eigenvalue weighted by atomic mass is 32.2. The van der Waals surface area contributed by atoms with E-state index in [9.17, 15) is 12.8 Å². The lowest BCUT2D eigenvalue weighted by atomic mass is 10.0. The van der Waals surface area contributed by atoms with Crippen LogP contribution in [0.5, 0.6) is 0 Å². The van der Waals surface area contributed by atoms with Crippen LogP contribution in [-0.2, 0) is 16.4 Å². The minimum absolute atomic E-state index is 0.0757. The van der Waals surface area contributed by atoms with Crippen molar-refractivity contribution in [2.45, 2.75) is 23.9 Å². The maximum absolute atomic E-state index is 13.4. The number of benzene rings is 1. The standard InChI is InChI=1S/C13H14FN3O2S/c14-9-1-2-13-11(5-9)12(3-4-20(13,18)19)16-7-10-6-15-8-17-10/h1-2,5-6,8,12,16H,3-4,7H2,(H,15,17). The van der Waals surface area contributed by atoms with E-state index in [-0.39, 0.29) is 16.7 Å². The lowest BCUT2D eigenvalue weighted by molar-refractivity contribution is 0.484. The molecule has 1 aromatic carbocycles. The third-order valence-electron chi connectivity index (χ3n) is 3.45. The van der Waals surface area contributed by atoms with Crippen molar-refractivity contribution in [3.63, 3.8) is 0 Å². The minimum Gasteiger partial charge on any atom is -0.347 e. The van der Waals surface area contributed by atoms with E-state index in [4.69, 9.17) is 0 Å². The Kier molecular flexibility index (Phi) is 3.31. The van der Waals surface area contributed by atoms with Crippen molar-refractivity contribution in [1.82, 2.24) is 15.3 Å². The van der Waals surface area contributed by atoms with E-state index in [0.29, 0.717) is 18.5 Å². The van der Waals surface area contributed by atoms with Crippen LogP contribution in [0.2, 0.25) is 0 Å². The van der Waals surface area contributed by atoms with Gasteiger partial charge < -0.3 is 10.3 Å². The first-order valence-corrected chi connectivity index (χ1v) is 7.94. The maximum atomic E-state index is 13.4. The molecule has 1 aromatic heterocycles. The molecular weight excluding hydrogens is 281 g/mol. The zero-order valence-corrected chi connectivity index (χ0v) is 11.5. The molecule has 1 aliphatic rings. The third-order valence-corrected chi connectivity index (χ3v) is 5.27. The molecule has 0 fully saturated rings. The van der Waals surface area contributed by atoms with Crippen LogP contribution in [0.15, 0.2) is 35.6 Å². The zero-order chi connectivity index (χ0) is 14.2. The van der Waals surface area contributed by atoms with Gasteiger partial charge in [0.05, 0.1) is 17.0 Å². The fourth-order valence-electron chi connectivity index (χ4n) is 2.44. The molecule has 1 aliphatic heterocycles. The van der Waals surface area contributed by atoms with Crippen molar-refractivity contribution < 1.29 is 12.8 Å². The summed E-state index contributed by atoms with van der Waals surface area (Å²) in [5.41, 5.74) is 1.41. The maximum Gasteiger partial charge on any atom is 0.178 e. The predicted molar refractivity (Wildman–Crippen MR) is 71.2 cm³/mol. The molecule has 2 heterocycles. The number of aromatic nitrogens is 2. The van der Waals surface area contributed by atoms with Crippen molar-refractivity contribution in [3.8, 4) is 0 Å². The summed E-state index contributed by atoms with van der Waals surface area (Å²) >= 11 is 0. The second-order valence-electron chi connectivity index (χ2n) is 4.80. The van der Waals surface area contributed by atoms with Gasteiger partial charge in [-0.1, -0.05) is 0 Å². The molecule has 0 bridgehead atoms. The van der Waals surface area contributed by atoms with Gasteiger partial charge in [0.2, 0.25) is 0 Å². The molecule has 0 amide bonds. The number of rotatable bonds is 3. The Morgan fingerprint density at radius 2 is 2.30 bits per heavy atom. The number of hydrogen-bond acceptors (Lipinski definition) is 4. The lowest BCUT2D eigenvalue weighted by Crippen LogP contribution is -2.29. The molecule has 0 saturated heterocycles. The van der Waals surface area contributed by atoms with E-state index in [1.807, 2.05) is 0 Å². The molecule has 106 valence electrons. The molecule has 5 nitrogen and oxygen atoms in total. The van der Waals surface area contributed by atoms with Gasteiger partial charge in [-0.25, -0.2) is 17.8 Å². The summed E-state index contributed by atoms with van der Waals surface area (Å²) in [4.78, 5) is 7.11. The predicted octanol–water partition coefficient (Wildman–Crippen LogP) is 1.56. The lowest BCUT2D eigenvalue weighted by Gasteiger charge is -2.26. The molecule has 1 atom stereocenters. The second-order valence-corrected chi connectivity index (χ2v) is 6.88. The van der Waals surface area contributed by atoms with Gasteiger partial charge in [-0.3, -0.25) is 0 Å². The van der Waals surface area contributed by atoms with Crippen LogP contribution in [-0.4, -0.2) is 24.1 Å². The molecule has 0 saturated carbocycles. The van der Waals surface area contributed by atoms with Crippen molar-refractivity contribution in [3.05, 3.63) is 47.8 Å². The fourth-order valence-corrected chi connectivity index (χ4v) is 4.04. The third kappa shape index (κ3) is 2.46. The SMILES string of the molecule is O=S1(=O)CCC(NCc2cnc[nH]2)c2cc(F)ccc21. The van der Waals surface area contributed by atoms with Crippen LogP contribution in [0.1, 0.15) is 23.7 Å². The molecule has 0 aliphatic carbocycles. The molecular formula is C13H14FN3O2S. The number of halogens is 1. The van der Waals surface area contributed by atoms with Gasteiger partial charge in [0.1, 0.15) is 5.82 Å². The van der Waals surface area contributed by atoms with Crippen molar-refractivity contribution in [2.24, 2.45) is 0 Å². The van der Waals surface area contributed by atoms with E-state index in [1.54, 1.807) is 12.5 Å². The Morgan fingerprint density at radius 3 is 3.05 bits per heavy atom. The zero-order valence-electron chi connectivity index (χ0n) is 10.6. The first kappa shape index (κ1) is 13.3. The topological polar surface area (TPSA) is 74.8 Å². The van der Waals surface area contributed by atoms with Crippen LogP contribution >= 0.6 is 0 Å². The van der Waals surface area contributed by atoms with E-state index in [1.165, 1.54) is 18.2 Å². The molecule has 1 unspecified atom stereocenters. The van der Waals surface area contributed by atoms with Gasteiger partial charge in [-0.05, 0) is 30.2 Å². The number of aromatic amines is 1. The quantitative estimate of drug-likeness (QED) is 0.843. The highest BCUT2D eigenvalue weighted by molar-refractivity contribution is 7.91. The van der Waals surface area contributed by atoms with E-state index in [0.717, 1.165) is 5.69 Å². The summed E-state index contributed by atoms with van der Waals surface area (Å²) in [6.07, 6.45) is 3.71. The van der Waals surface area contributed by atoms with Crippen molar-refractivity contribution in [2.75, 3.05) is 5.75 Å². The van der Waals surface area contributed by atoms with Crippen molar-refractivity contribution in [1.29, 1.82) is 0 Å². The van der Waals surface area contributed by atoms with Crippen LogP contribution in [0.3, 0.4) is 0 Å². The smallest absolute Gasteiger partial charge is 0.178 e. The number of nitrogens with one attached hydrogen (secondary N) is 2. The summed E-state index contributed by atoms with van der Waals surface area (Å²) in [5.74, 6) is -0.346. The fraction of sp³-hybridized carbons (Fsp3) is 0.308. The second kappa shape index (κ2) is 4.99. The summed E-state index contributed by atoms with van der Waals surface area (Å²) in [7, 11) is -3.29. The summed E-state index contributed by atoms with van der Waals surface area (Å²) < 4.78 is 37.4. The molecule has 7 heteroatoms. The number of sulfone groups is 1. The van der Waals surface area contributed by atoms with Crippen molar-refractivity contribution >= 4 is 9.84 Å². The number of H-pyrrole nitrogens is 1. The first-order chi connectivity index (χ1) is 9.56. The number of imidazole rings is 1. The van der Waals surface area contributed by atoms with E-state index >= 15 is 0 Å². The van der Waals surface area contributed by atoms with Gasteiger partial charge in [-0.15, -0.1) is 0 Å². The van der Waals surface area contributed by atoms with Gasteiger partial charge in [0.15, 0.2) is 9.84 Å². The van der Waals surface area contributed by atoms with Crippen LogP contribution in [0, 0.1) is 5.82 Å². The molecule has 0 radical (unpaired) electrons. The van der Waals surface area contributed by atoms with Gasteiger partial charge >= 0.3 is 0 Å². The van der Waals surface area contributed by atoms with Crippen LogP contribution in [0.4, 0.5) is 4.39 Å². The Bertz CT molecular complexity index is 713. The van der Waals surface area contributed by atoms with E-state index < -0.39 is 15.7 Å². The molecule has 2 aromatic rings. The summed E-state index contributed by atoms with van der Waals surface area (Å²) in [5, 5.41) is 3.24. The largest absolute Gasteiger partial charge is 0.347 e. The normalized spacial score (nSPS) is 20.6. The highest BCUT2D eigenvalue weighted by Crippen LogP contribution is 2.32. The van der Waals surface area contributed by atoms with Gasteiger partial charge in [0.25, 0.3) is 0 Å². The summed E-state index contributed by atoms with van der Waals surface area (Å²) in [6, 6.07) is 3.67. The highest BCUT2D eigenvalue weighted by Gasteiger charge is 2.30. The number of hydrogen-bond donors (Lipinski definition) is 2. The molecule has 2 N–H and O–H groups in total. The van der Waals surface area contributed by atoms with Crippen LogP contribution < -0.4 is 5.32 Å². The van der Waals surface area contributed by atoms with Gasteiger partial charge in [-0.2, -0.15) is 0 Å². The Balaban J connectivity index is 1.89. The minimum atomic E-state index is -3.29. The number of fused-ring (bicyclic) bond motifs is 1. The average Bonchev–Trinajstić information content (AvgIpc) is 2.90. The monoisotopic (exact) mass is 295 g/mol. The number of nitrogens with zero attached hydrogens (tertiary/aromatic N) is 1. The average molecular weight is 295 g/mol. The van der Waals surface area contributed by atoms with Gasteiger partial charge in [0, 0.05) is 24.5 Å². The molecule has 0 spiro atoms. The Hall–Kier alpha value is -1.73. The molecule has 3 rings (SSSR count). The summed E-state index contributed by atoms with van der Waals surface area (Å²) in [6.45, 7) is 0.528. The van der Waals surface area contributed by atoms with Crippen LogP contribution in [0.25, 0.3) is 0 Å². The molecule has 20 heavy (non-hydrogen) atoms. The Labute approximate surface area is 116 Å².